The van der Waals surface area contributed by atoms with E-state index >= 15 is 0 Å². The highest BCUT2D eigenvalue weighted by Crippen LogP contribution is 2.26. The molecule has 0 spiro atoms. The molecule has 2 aliphatic rings. The standard InChI is InChI=1S/C17H24N2O2/c20-17(18-8-11-19-9-4-1-5-10-19)15-12-14-6-2-3-7-16(14)21-13-15/h2-3,6-7,15H,1,4-5,8-13H2,(H,18,20). The van der Waals surface area contributed by atoms with Crippen molar-refractivity contribution in [3.8, 4) is 5.75 Å². The average molecular weight is 288 g/mol. The van der Waals surface area contributed by atoms with Crippen LogP contribution in [0, 0.1) is 5.92 Å². The van der Waals surface area contributed by atoms with Gasteiger partial charge in [0.15, 0.2) is 0 Å². The summed E-state index contributed by atoms with van der Waals surface area (Å²) in [5, 5.41) is 3.07. The third-order valence-electron chi connectivity index (χ3n) is 4.43. The van der Waals surface area contributed by atoms with Gasteiger partial charge in [0.2, 0.25) is 5.91 Å². The van der Waals surface area contributed by atoms with Crippen LogP contribution in [0.15, 0.2) is 24.3 Å². The summed E-state index contributed by atoms with van der Waals surface area (Å²) < 4.78 is 5.68. The number of para-hydroxylation sites is 1. The summed E-state index contributed by atoms with van der Waals surface area (Å²) in [7, 11) is 0. The maximum atomic E-state index is 12.2. The second-order valence-electron chi connectivity index (χ2n) is 6.01. The Hall–Kier alpha value is -1.55. The fourth-order valence-electron chi connectivity index (χ4n) is 3.16. The van der Waals surface area contributed by atoms with E-state index in [9.17, 15) is 4.79 Å². The molecule has 0 aliphatic carbocycles. The van der Waals surface area contributed by atoms with Crippen molar-refractivity contribution in [1.29, 1.82) is 0 Å². The van der Waals surface area contributed by atoms with Crippen LogP contribution in [0.1, 0.15) is 24.8 Å². The number of carbonyl (C=O) groups excluding carboxylic acids is 1. The number of rotatable bonds is 4. The number of nitrogens with zero attached hydrogens (tertiary/aromatic N) is 1. The van der Waals surface area contributed by atoms with Gasteiger partial charge in [-0.1, -0.05) is 24.6 Å². The van der Waals surface area contributed by atoms with E-state index in [1.54, 1.807) is 0 Å². The molecule has 1 atom stereocenters. The van der Waals surface area contributed by atoms with Crippen LogP contribution < -0.4 is 10.1 Å². The molecule has 1 aromatic carbocycles. The second-order valence-corrected chi connectivity index (χ2v) is 6.01. The molecule has 0 saturated carbocycles. The molecule has 4 heteroatoms. The largest absolute Gasteiger partial charge is 0.492 e. The molecule has 2 heterocycles. The molecular weight excluding hydrogens is 264 g/mol. The van der Waals surface area contributed by atoms with Gasteiger partial charge in [-0.15, -0.1) is 0 Å². The topological polar surface area (TPSA) is 41.6 Å². The third-order valence-corrected chi connectivity index (χ3v) is 4.43. The molecule has 1 aromatic rings. The van der Waals surface area contributed by atoms with Crippen LogP contribution >= 0.6 is 0 Å². The van der Waals surface area contributed by atoms with Crippen molar-refractivity contribution in [3.63, 3.8) is 0 Å². The maximum absolute atomic E-state index is 12.2. The Kier molecular flexibility index (Phi) is 4.76. The van der Waals surface area contributed by atoms with Crippen LogP contribution in [-0.2, 0) is 11.2 Å². The van der Waals surface area contributed by atoms with Crippen molar-refractivity contribution in [2.24, 2.45) is 5.92 Å². The van der Waals surface area contributed by atoms with Crippen molar-refractivity contribution < 1.29 is 9.53 Å². The number of piperidine rings is 1. The van der Waals surface area contributed by atoms with Crippen LogP contribution in [-0.4, -0.2) is 43.6 Å². The second kappa shape index (κ2) is 6.94. The lowest BCUT2D eigenvalue weighted by molar-refractivity contribution is -0.126. The summed E-state index contributed by atoms with van der Waals surface area (Å²) in [6, 6.07) is 7.99. The summed E-state index contributed by atoms with van der Waals surface area (Å²) in [6.07, 6.45) is 4.72. The summed E-state index contributed by atoms with van der Waals surface area (Å²) >= 11 is 0. The number of carbonyl (C=O) groups is 1. The quantitative estimate of drug-likeness (QED) is 0.919. The van der Waals surface area contributed by atoms with Gasteiger partial charge in [-0.2, -0.15) is 0 Å². The molecule has 1 N–H and O–H groups in total. The van der Waals surface area contributed by atoms with E-state index in [-0.39, 0.29) is 11.8 Å². The van der Waals surface area contributed by atoms with Gasteiger partial charge >= 0.3 is 0 Å². The van der Waals surface area contributed by atoms with Gasteiger partial charge in [-0.3, -0.25) is 4.79 Å². The fourth-order valence-corrected chi connectivity index (χ4v) is 3.16. The van der Waals surface area contributed by atoms with E-state index in [4.69, 9.17) is 4.74 Å². The highest BCUT2D eigenvalue weighted by atomic mass is 16.5. The van der Waals surface area contributed by atoms with Gasteiger partial charge < -0.3 is 15.0 Å². The molecule has 114 valence electrons. The smallest absolute Gasteiger partial charge is 0.226 e. The number of nitrogens with one attached hydrogen (secondary N) is 1. The number of amides is 1. The van der Waals surface area contributed by atoms with Crippen molar-refractivity contribution >= 4 is 5.91 Å². The zero-order valence-electron chi connectivity index (χ0n) is 12.5. The molecule has 1 saturated heterocycles. The minimum absolute atomic E-state index is 0.0544. The van der Waals surface area contributed by atoms with E-state index < -0.39 is 0 Å². The predicted octanol–water partition coefficient (Wildman–Crippen LogP) is 1.84. The van der Waals surface area contributed by atoms with E-state index in [1.807, 2.05) is 24.3 Å². The first kappa shape index (κ1) is 14.4. The zero-order valence-corrected chi connectivity index (χ0v) is 12.5. The van der Waals surface area contributed by atoms with Crippen LogP contribution in [0.25, 0.3) is 0 Å². The molecule has 21 heavy (non-hydrogen) atoms. The normalized spacial score (nSPS) is 22.2. The number of hydrogen-bond donors (Lipinski definition) is 1. The van der Waals surface area contributed by atoms with Gasteiger partial charge in [0.05, 0.1) is 5.92 Å². The van der Waals surface area contributed by atoms with Crippen LogP contribution in [0.5, 0.6) is 5.75 Å². The Labute approximate surface area is 126 Å². The zero-order chi connectivity index (χ0) is 14.5. The van der Waals surface area contributed by atoms with Gasteiger partial charge in [0, 0.05) is 13.1 Å². The van der Waals surface area contributed by atoms with Gasteiger partial charge in [-0.05, 0) is 44.0 Å². The first-order valence-corrected chi connectivity index (χ1v) is 8.04. The number of ether oxygens (including phenoxy) is 1. The van der Waals surface area contributed by atoms with E-state index in [1.165, 1.54) is 32.4 Å². The molecule has 3 rings (SSSR count). The Morgan fingerprint density at radius 2 is 2.05 bits per heavy atom. The highest BCUT2D eigenvalue weighted by Gasteiger charge is 2.25. The minimum atomic E-state index is -0.0544. The molecule has 2 aliphatic heterocycles. The maximum Gasteiger partial charge on any atom is 0.226 e. The summed E-state index contributed by atoms with van der Waals surface area (Å²) in [5.41, 5.74) is 1.14. The summed E-state index contributed by atoms with van der Waals surface area (Å²) in [4.78, 5) is 14.7. The summed E-state index contributed by atoms with van der Waals surface area (Å²) in [6.45, 7) is 4.56. The van der Waals surface area contributed by atoms with Crippen molar-refractivity contribution in [1.82, 2.24) is 10.2 Å². The van der Waals surface area contributed by atoms with E-state index in [0.29, 0.717) is 6.61 Å². The van der Waals surface area contributed by atoms with E-state index in [0.717, 1.165) is 30.8 Å². The molecule has 0 radical (unpaired) electrons. The molecule has 1 unspecified atom stereocenters. The number of fused-ring (bicyclic) bond motifs is 1. The Morgan fingerprint density at radius 1 is 1.24 bits per heavy atom. The molecule has 0 aromatic heterocycles. The number of benzene rings is 1. The number of hydrogen-bond acceptors (Lipinski definition) is 3. The monoisotopic (exact) mass is 288 g/mol. The third kappa shape index (κ3) is 3.76. The molecule has 1 amide bonds. The lowest BCUT2D eigenvalue weighted by atomic mass is 9.96. The molecule has 1 fully saturated rings. The van der Waals surface area contributed by atoms with Crippen LogP contribution in [0.2, 0.25) is 0 Å². The average Bonchev–Trinajstić information content (AvgIpc) is 2.55. The van der Waals surface area contributed by atoms with Crippen molar-refractivity contribution in [2.75, 3.05) is 32.8 Å². The van der Waals surface area contributed by atoms with Gasteiger partial charge in [0.1, 0.15) is 12.4 Å². The first-order valence-electron chi connectivity index (χ1n) is 8.04. The summed E-state index contributed by atoms with van der Waals surface area (Å²) in [5.74, 6) is 0.998. The molecular formula is C17H24N2O2. The number of likely N-dealkylation sites (tertiary alicyclic amines) is 1. The highest BCUT2D eigenvalue weighted by molar-refractivity contribution is 5.79. The van der Waals surface area contributed by atoms with Crippen molar-refractivity contribution in [3.05, 3.63) is 29.8 Å². The van der Waals surface area contributed by atoms with Crippen LogP contribution in [0.3, 0.4) is 0 Å². The van der Waals surface area contributed by atoms with Gasteiger partial charge in [-0.25, -0.2) is 0 Å². The van der Waals surface area contributed by atoms with E-state index in [2.05, 4.69) is 10.2 Å². The van der Waals surface area contributed by atoms with Gasteiger partial charge in [0.25, 0.3) is 0 Å². The molecule has 0 bridgehead atoms. The lowest BCUT2D eigenvalue weighted by Gasteiger charge is -2.27. The fraction of sp³-hybridized carbons (Fsp3) is 0.588. The minimum Gasteiger partial charge on any atom is -0.492 e. The Balaban J connectivity index is 1.44. The van der Waals surface area contributed by atoms with Crippen molar-refractivity contribution in [2.45, 2.75) is 25.7 Å². The SMILES string of the molecule is O=C(NCCN1CCCCC1)C1COc2ccccc2C1. The Bertz CT molecular complexity index is 483. The Morgan fingerprint density at radius 3 is 2.90 bits per heavy atom. The lowest BCUT2D eigenvalue weighted by Crippen LogP contribution is -2.42. The van der Waals surface area contributed by atoms with Crippen LogP contribution in [0.4, 0.5) is 0 Å². The predicted molar refractivity (Wildman–Crippen MR) is 82.4 cm³/mol. The first-order chi connectivity index (χ1) is 10.3. The molecule has 4 nitrogen and oxygen atoms in total.